The van der Waals surface area contributed by atoms with Crippen molar-refractivity contribution in [3.05, 3.63) is 0 Å². The molecule has 13 heavy (non-hydrogen) atoms. The van der Waals surface area contributed by atoms with Gasteiger partial charge in [-0.1, -0.05) is 26.7 Å². The van der Waals surface area contributed by atoms with Gasteiger partial charge in [-0.2, -0.15) is 5.26 Å². The Labute approximate surface area is 101 Å². The van der Waals surface area contributed by atoms with Gasteiger partial charge in [-0.05, 0) is 12.8 Å². The fraction of sp³-hybridized carbons (Fsp3) is 0.778. The third-order valence-corrected chi connectivity index (χ3v) is 1.96. The zero-order valence-corrected chi connectivity index (χ0v) is 10.6. The summed E-state index contributed by atoms with van der Waals surface area (Å²) >= 11 is 0. The number of nitriles is 1. The zero-order chi connectivity index (χ0) is 9.61. The normalized spacial score (nSPS) is 9.92. The number of hydrogen-bond acceptors (Lipinski definition) is 3. The van der Waals surface area contributed by atoms with Crippen LogP contribution in [0.3, 0.4) is 0 Å². The van der Waals surface area contributed by atoms with Crippen molar-refractivity contribution in [1.29, 1.82) is 5.26 Å². The first kappa shape index (κ1) is 15.4. The summed E-state index contributed by atoms with van der Waals surface area (Å²) in [6.07, 6.45) is 2.17. The van der Waals surface area contributed by atoms with Gasteiger partial charge in [-0.3, -0.25) is 0 Å². The van der Waals surface area contributed by atoms with Crippen molar-refractivity contribution in [2.75, 3.05) is 0 Å². The van der Waals surface area contributed by atoms with E-state index in [2.05, 4.69) is 0 Å². The van der Waals surface area contributed by atoms with E-state index in [0.29, 0.717) is 25.7 Å². The topological polar surface area (TPSA) is 63.9 Å². The van der Waals surface area contributed by atoms with E-state index in [1.807, 2.05) is 19.9 Å². The summed E-state index contributed by atoms with van der Waals surface area (Å²) in [5, 5.41) is 19.4. The van der Waals surface area contributed by atoms with E-state index in [-0.39, 0.29) is 29.6 Å². The van der Waals surface area contributed by atoms with Gasteiger partial charge in [0.15, 0.2) is 0 Å². The van der Waals surface area contributed by atoms with Crippen LogP contribution in [0.25, 0.3) is 0 Å². The summed E-state index contributed by atoms with van der Waals surface area (Å²) in [4.78, 5) is 10.7. The molecule has 4 heteroatoms. The van der Waals surface area contributed by atoms with Crippen molar-refractivity contribution in [2.45, 2.75) is 39.5 Å². The summed E-state index contributed by atoms with van der Waals surface area (Å²) in [5.74, 6) is -1.23. The minimum absolute atomic E-state index is 0. The molecule has 0 spiro atoms. The quantitative estimate of drug-likeness (QED) is 0.465. The van der Waals surface area contributed by atoms with Crippen molar-refractivity contribution >= 4 is 5.97 Å². The van der Waals surface area contributed by atoms with E-state index in [1.165, 1.54) is 0 Å². The van der Waals surface area contributed by atoms with E-state index >= 15 is 0 Å². The van der Waals surface area contributed by atoms with Crippen LogP contribution in [0.1, 0.15) is 39.5 Å². The van der Waals surface area contributed by atoms with Crippen LogP contribution in [0.2, 0.25) is 0 Å². The first-order chi connectivity index (χ1) is 5.63. The maximum Gasteiger partial charge on any atom is 1.00 e. The summed E-state index contributed by atoms with van der Waals surface area (Å²) in [6, 6.07) is 1.85. The smallest absolute Gasteiger partial charge is 0.548 e. The second-order valence-electron chi connectivity index (χ2n) is 2.98. The molecule has 0 saturated heterocycles. The van der Waals surface area contributed by atoms with E-state index in [4.69, 9.17) is 5.26 Å². The minimum atomic E-state index is -1.25. The molecule has 0 rings (SSSR count). The van der Waals surface area contributed by atoms with Crippen LogP contribution in [-0.4, -0.2) is 5.97 Å². The molecule has 0 aromatic rings. The molecule has 0 amide bonds. The number of nitrogens with zero attached hydrogens (tertiary/aromatic N) is 1. The van der Waals surface area contributed by atoms with Gasteiger partial charge in [0.05, 0.1) is 17.5 Å². The zero-order valence-electron chi connectivity index (χ0n) is 8.59. The van der Waals surface area contributed by atoms with Crippen LogP contribution in [0.15, 0.2) is 0 Å². The van der Waals surface area contributed by atoms with Gasteiger partial charge in [-0.25, -0.2) is 0 Å². The molecule has 0 unspecified atom stereocenters. The molecule has 68 valence electrons. The number of carbonyl (C=O) groups is 1. The van der Waals surface area contributed by atoms with Gasteiger partial charge < -0.3 is 9.90 Å². The molecule has 0 bridgehead atoms. The second-order valence-corrected chi connectivity index (χ2v) is 2.98. The fourth-order valence-electron chi connectivity index (χ4n) is 1.34. The first-order valence-corrected chi connectivity index (χ1v) is 4.25. The second kappa shape index (κ2) is 7.37. The van der Waals surface area contributed by atoms with Crippen LogP contribution < -0.4 is 34.7 Å². The van der Waals surface area contributed by atoms with E-state index in [1.54, 1.807) is 0 Å². The molecular weight excluding hydrogens is 177 g/mol. The van der Waals surface area contributed by atoms with E-state index < -0.39 is 11.4 Å². The van der Waals surface area contributed by atoms with Crippen molar-refractivity contribution in [1.82, 2.24) is 0 Å². The predicted octanol–water partition coefficient (Wildman–Crippen LogP) is -2.15. The summed E-state index contributed by atoms with van der Waals surface area (Å²) in [5.41, 5.74) is -1.25. The molecule has 0 radical (unpaired) electrons. The maximum absolute atomic E-state index is 10.7. The van der Waals surface area contributed by atoms with Crippen LogP contribution >= 0.6 is 0 Å². The molecule has 0 fully saturated rings. The molecule has 0 atom stereocenters. The SMILES string of the molecule is CCCC(C#N)(CCC)C(=O)[O-].[Na+]. The third kappa shape index (κ3) is 4.12. The Hall–Kier alpha value is -0.0400. The van der Waals surface area contributed by atoms with Gasteiger partial charge in [0.2, 0.25) is 0 Å². The van der Waals surface area contributed by atoms with Gasteiger partial charge >= 0.3 is 29.6 Å². The largest absolute Gasteiger partial charge is 1.00 e. The van der Waals surface area contributed by atoms with Crippen LogP contribution in [-0.2, 0) is 4.79 Å². The Bertz CT molecular complexity index is 192. The average Bonchev–Trinajstić information content (AvgIpc) is 2.03. The average molecular weight is 191 g/mol. The number of carboxylic acids is 1. The van der Waals surface area contributed by atoms with Crippen LogP contribution in [0.4, 0.5) is 0 Å². The maximum atomic E-state index is 10.7. The molecule has 3 nitrogen and oxygen atoms in total. The molecule has 0 N–H and O–H groups in total. The van der Waals surface area contributed by atoms with Gasteiger partial charge in [-0.15, -0.1) is 0 Å². The molecule has 0 aliphatic carbocycles. The Kier molecular flexibility index (Phi) is 8.75. The minimum Gasteiger partial charge on any atom is -0.548 e. The first-order valence-electron chi connectivity index (χ1n) is 4.25. The summed E-state index contributed by atoms with van der Waals surface area (Å²) < 4.78 is 0. The van der Waals surface area contributed by atoms with Gasteiger partial charge in [0, 0.05) is 0 Å². The number of aliphatic carboxylic acids is 1. The fourth-order valence-corrected chi connectivity index (χ4v) is 1.34. The molecule has 0 heterocycles. The standard InChI is InChI=1S/C9H15NO2.Na/c1-3-5-9(7-10,6-4-2)8(11)12;/h3-6H2,1-2H3,(H,11,12);/q;+1/p-1. The Balaban J connectivity index is 0. The molecule has 0 aromatic carbocycles. The molecular formula is C9H14NNaO2. The summed E-state index contributed by atoms with van der Waals surface area (Å²) in [6.45, 7) is 3.73. The van der Waals surface area contributed by atoms with Crippen LogP contribution in [0, 0.1) is 16.7 Å². The number of hydrogen-bond donors (Lipinski definition) is 0. The van der Waals surface area contributed by atoms with Crippen molar-refractivity contribution in [3.63, 3.8) is 0 Å². The summed E-state index contributed by atoms with van der Waals surface area (Å²) in [7, 11) is 0. The third-order valence-electron chi connectivity index (χ3n) is 1.96. The van der Waals surface area contributed by atoms with Crippen LogP contribution in [0.5, 0.6) is 0 Å². The van der Waals surface area contributed by atoms with Crippen molar-refractivity contribution < 1.29 is 39.5 Å². The number of rotatable bonds is 5. The Morgan fingerprint density at radius 2 is 1.77 bits per heavy atom. The van der Waals surface area contributed by atoms with Gasteiger partial charge in [0.25, 0.3) is 0 Å². The van der Waals surface area contributed by atoms with Crippen molar-refractivity contribution in [3.8, 4) is 6.07 Å². The predicted molar refractivity (Wildman–Crippen MR) is 42.9 cm³/mol. The monoisotopic (exact) mass is 191 g/mol. The number of carbonyl (C=O) groups excluding carboxylic acids is 1. The molecule has 0 aromatic heterocycles. The van der Waals surface area contributed by atoms with Gasteiger partial charge in [0.1, 0.15) is 0 Å². The molecule has 0 saturated carbocycles. The molecule has 0 aliphatic heterocycles. The van der Waals surface area contributed by atoms with E-state index in [9.17, 15) is 9.90 Å². The number of carboxylic acid groups (broad SMARTS) is 1. The van der Waals surface area contributed by atoms with E-state index in [0.717, 1.165) is 0 Å². The Morgan fingerprint density at radius 3 is 1.92 bits per heavy atom. The Morgan fingerprint density at radius 1 is 1.38 bits per heavy atom. The molecule has 0 aliphatic rings. The van der Waals surface area contributed by atoms with Crippen molar-refractivity contribution in [2.24, 2.45) is 5.41 Å².